The summed E-state index contributed by atoms with van der Waals surface area (Å²) in [5.41, 5.74) is 0.175. The fraction of sp³-hybridized carbons (Fsp3) is 0.667. The molecule has 1 aromatic carbocycles. The molecule has 6 heteroatoms. The van der Waals surface area contributed by atoms with Crippen LogP contribution in [0.3, 0.4) is 0 Å². The van der Waals surface area contributed by atoms with Gasteiger partial charge in [-0.2, -0.15) is 0 Å². The van der Waals surface area contributed by atoms with Gasteiger partial charge in [-0.1, -0.05) is 30.1 Å². The Balaban J connectivity index is 2.01. The minimum atomic E-state index is -1.33. The summed E-state index contributed by atoms with van der Waals surface area (Å²) in [6.45, 7) is 7.85. The van der Waals surface area contributed by atoms with Crippen molar-refractivity contribution in [3.63, 3.8) is 0 Å². The van der Waals surface area contributed by atoms with Crippen molar-refractivity contribution in [2.75, 3.05) is 0 Å². The smallest absolute Gasteiger partial charge is 0.136 e. The molecule has 2 fully saturated rings. The van der Waals surface area contributed by atoms with E-state index >= 15 is 0 Å². The summed E-state index contributed by atoms with van der Waals surface area (Å²) in [5, 5.41) is 0.551. The zero-order valence-corrected chi connectivity index (χ0v) is 16.8. The van der Waals surface area contributed by atoms with E-state index in [0.717, 1.165) is 12.8 Å². The number of halogens is 3. The molecule has 0 amide bonds. The van der Waals surface area contributed by atoms with Crippen LogP contribution in [0.25, 0.3) is 0 Å². The number of nitrogens with one attached hydrogen (secondary N) is 1. The topological polar surface area (TPSA) is 35.1 Å². The van der Waals surface area contributed by atoms with Crippen LogP contribution in [0.5, 0.6) is 0 Å². The third-order valence-corrected chi connectivity index (χ3v) is 7.75. The third-order valence-electron chi connectivity index (χ3n) is 5.37. The Morgan fingerprint density at radius 3 is 2.42 bits per heavy atom. The molecule has 0 heterocycles. The highest BCUT2D eigenvalue weighted by atomic mass is 35.5. The van der Waals surface area contributed by atoms with Crippen molar-refractivity contribution in [2.45, 2.75) is 57.7 Å². The molecule has 3 rings (SSSR count). The summed E-state index contributed by atoms with van der Waals surface area (Å²) in [6.07, 6.45) is 3.26. The van der Waals surface area contributed by atoms with E-state index < -0.39 is 28.0 Å². The quantitative estimate of drug-likeness (QED) is 0.530. The van der Waals surface area contributed by atoms with Crippen LogP contribution in [0.1, 0.15) is 58.6 Å². The van der Waals surface area contributed by atoms with Gasteiger partial charge < -0.3 is 4.55 Å². The van der Waals surface area contributed by atoms with E-state index in [4.69, 9.17) is 23.2 Å². The second kappa shape index (κ2) is 6.31. The van der Waals surface area contributed by atoms with Crippen LogP contribution in [-0.4, -0.2) is 9.30 Å². The molecule has 4 atom stereocenters. The second-order valence-electron chi connectivity index (χ2n) is 8.51. The highest BCUT2D eigenvalue weighted by Crippen LogP contribution is 2.64. The average Bonchev–Trinajstić information content (AvgIpc) is 3.09. The molecule has 0 saturated heterocycles. The Bertz CT molecular complexity index is 639. The Labute approximate surface area is 156 Å². The van der Waals surface area contributed by atoms with Crippen molar-refractivity contribution < 1.29 is 8.94 Å². The van der Waals surface area contributed by atoms with E-state index in [1.54, 1.807) is 0 Å². The summed E-state index contributed by atoms with van der Waals surface area (Å²) in [7, 11) is 0. The SMILES string of the molecule is CC1(C(N[S+]([O-])C(C)(C)C)c2c(F)ccc(Cl)c2Cl)CC2CC2C1. The van der Waals surface area contributed by atoms with Gasteiger partial charge in [0.1, 0.15) is 10.6 Å². The van der Waals surface area contributed by atoms with E-state index in [1.165, 1.54) is 18.6 Å². The summed E-state index contributed by atoms with van der Waals surface area (Å²) in [6, 6.07) is 2.39. The molecule has 0 bridgehead atoms. The van der Waals surface area contributed by atoms with Gasteiger partial charge in [-0.3, -0.25) is 0 Å². The molecular formula is C18H24Cl2FNOS. The number of fused-ring (bicyclic) bond motifs is 1. The Kier molecular flexibility index (Phi) is 4.94. The number of hydrogen-bond donors (Lipinski definition) is 1. The maximum absolute atomic E-state index is 14.7. The van der Waals surface area contributed by atoms with E-state index in [9.17, 15) is 8.94 Å². The molecule has 134 valence electrons. The predicted molar refractivity (Wildman–Crippen MR) is 99.1 cm³/mol. The highest BCUT2D eigenvalue weighted by molar-refractivity contribution is 7.90. The average molecular weight is 392 g/mol. The Morgan fingerprint density at radius 1 is 1.29 bits per heavy atom. The fourth-order valence-corrected chi connectivity index (χ4v) is 5.37. The van der Waals surface area contributed by atoms with Gasteiger partial charge in [0.25, 0.3) is 0 Å². The summed E-state index contributed by atoms with van der Waals surface area (Å²) >= 11 is 11.2. The van der Waals surface area contributed by atoms with Gasteiger partial charge in [-0.05, 0) is 69.4 Å². The van der Waals surface area contributed by atoms with E-state index in [-0.39, 0.29) is 10.4 Å². The summed E-state index contributed by atoms with van der Waals surface area (Å²) < 4.78 is 30.2. The standard InChI is InChI=1S/C18H24Cl2FNOS/c1-17(2,3)24(23)22-16(18(4)8-10-7-11(10)9-18)14-13(21)6-5-12(19)15(14)20/h5-6,10-11,16,22H,7-9H2,1-4H3. The molecule has 2 aliphatic carbocycles. The normalized spacial score (nSPS) is 31.7. The van der Waals surface area contributed by atoms with E-state index in [2.05, 4.69) is 11.6 Å². The Morgan fingerprint density at radius 2 is 1.88 bits per heavy atom. The van der Waals surface area contributed by atoms with Gasteiger partial charge in [-0.15, -0.1) is 4.72 Å². The third kappa shape index (κ3) is 3.45. The second-order valence-corrected chi connectivity index (χ2v) is 11.3. The minimum Gasteiger partial charge on any atom is -0.598 e. The van der Waals surface area contributed by atoms with E-state index in [0.29, 0.717) is 22.4 Å². The molecule has 1 aromatic rings. The first-order valence-corrected chi connectivity index (χ1v) is 10.2. The monoisotopic (exact) mass is 391 g/mol. The highest BCUT2D eigenvalue weighted by Gasteiger charge is 2.56. The molecule has 0 aliphatic heterocycles. The molecule has 2 nitrogen and oxygen atoms in total. The number of benzene rings is 1. The maximum Gasteiger partial charge on any atom is 0.136 e. The Hall–Kier alpha value is -0.0000000000000000555. The van der Waals surface area contributed by atoms with Crippen LogP contribution >= 0.6 is 23.2 Å². The molecule has 0 spiro atoms. The largest absolute Gasteiger partial charge is 0.598 e. The van der Waals surface area contributed by atoms with Gasteiger partial charge in [-0.25, -0.2) is 4.39 Å². The van der Waals surface area contributed by atoms with Crippen LogP contribution in [0, 0.1) is 23.1 Å². The first-order valence-electron chi connectivity index (χ1n) is 8.34. The van der Waals surface area contributed by atoms with Gasteiger partial charge in [0.15, 0.2) is 0 Å². The van der Waals surface area contributed by atoms with Crippen LogP contribution in [-0.2, 0) is 11.4 Å². The lowest BCUT2D eigenvalue weighted by molar-refractivity contribution is 0.217. The maximum atomic E-state index is 14.7. The predicted octanol–water partition coefficient (Wildman–Crippen LogP) is 5.66. The lowest BCUT2D eigenvalue weighted by atomic mass is 9.75. The van der Waals surface area contributed by atoms with Gasteiger partial charge in [0.2, 0.25) is 0 Å². The van der Waals surface area contributed by atoms with Crippen molar-refractivity contribution in [1.82, 2.24) is 4.72 Å². The van der Waals surface area contributed by atoms with Gasteiger partial charge >= 0.3 is 0 Å². The van der Waals surface area contributed by atoms with Crippen LogP contribution in [0.2, 0.25) is 10.0 Å². The lowest BCUT2D eigenvalue weighted by Gasteiger charge is -2.38. The molecule has 1 N–H and O–H groups in total. The molecule has 0 aromatic heterocycles. The van der Waals surface area contributed by atoms with Crippen LogP contribution in [0.4, 0.5) is 4.39 Å². The zero-order chi connectivity index (χ0) is 17.9. The number of rotatable bonds is 4. The first-order chi connectivity index (χ1) is 11.0. The molecule has 24 heavy (non-hydrogen) atoms. The van der Waals surface area contributed by atoms with Gasteiger partial charge in [0.05, 0.1) is 16.1 Å². The molecule has 0 radical (unpaired) electrons. The van der Waals surface area contributed by atoms with Crippen molar-refractivity contribution in [3.05, 3.63) is 33.6 Å². The molecule has 4 unspecified atom stereocenters. The van der Waals surface area contributed by atoms with Gasteiger partial charge in [0, 0.05) is 16.9 Å². The molecule has 2 saturated carbocycles. The van der Waals surface area contributed by atoms with Crippen molar-refractivity contribution in [3.8, 4) is 0 Å². The minimum absolute atomic E-state index is 0.177. The van der Waals surface area contributed by atoms with E-state index in [1.807, 2.05) is 20.8 Å². The summed E-state index contributed by atoms with van der Waals surface area (Å²) in [5.74, 6) is 1.03. The van der Waals surface area contributed by atoms with Crippen molar-refractivity contribution in [2.24, 2.45) is 17.3 Å². The fourth-order valence-electron chi connectivity index (χ4n) is 3.97. The van der Waals surface area contributed by atoms with Crippen molar-refractivity contribution in [1.29, 1.82) is 0 Å². The van der Waals surface area contributed by atoms with Crippen LogP contribution in [0.15, 0.2) is 12.1 Å². The zero-order valence-electron chi connectivity index (χ0n) is 14.5. The van der Waals surface area contributed by atoms with Crippen LogP contribution < -0.4 is 4.72 Å². The lowest BCUT2D eigenvalue weighted by Crippen LogP contribution is -2.46. The molecule has 2 aliphatic rings. The number of hydrogen-bond acceptors (Lipinski definition) is 2. The summed E-state index contributed by atoms with van der Waals surface area (Å²) in [4.78, 5) is 0. The van der Waals surface area contributed by atoms with Crippen molar-refractivity contribution >= 4 is 34.6 Å². The first kappa shape index (κ1) is 18.8. The molecular weight excluding hydrogens is 368 g/mol.